The Hall–Kier alpha value is -3.81. The molecule has 0 bridgehead atoms. The van der Waals surface area contributed by atoms with E-state index in [1.807, 2.05) is 44.2 Å². The van der Waals surface area contributed by atoms with Crippen molar-refractivity contribution in [1.82, 2.24) is 0 Å². The van der Waals surface area contributed by atoms with Crippen molar-refractivity contribution >= 4 is 38.9 Å². The Labute approximate surface area is 216 Å². The smallest absolute Gasteiger partial charge is 0.264 e. The standard InChI is InChI=1S/C28H25ClN2O4S/c1-20-8-16-26(17-9-20)36(33,34)31(19-28(32)30-27-18-22(29)11-10-21(27)2)23-12-14-25(15-13-23)35-24-6-4-3-5-7-24/h3-18H,19H2,1-2H3,(H,30,32). The van der Waals surface area contributed by atoms with Crippen LogP contribution < -0.4 is 14.4 Å². The SMILES string of the molecule is Cc1ccc(S(=O)(=O)N(CC(=O)Nc2cc(Cl)ccc2C)c2ccc(Oc3ccccc3)cc2)cc1. The molecule has 0 atom stereocenters. The number of nitrogens with one attached hydrogen (secondary N) is 1. The lowest BCUT2D eigenvalue weighted by molar-refractivity contribution is -0.114. The molecule has 4 aromatic rings. The van der Waals surface area contributed by atoms with Gasteiger partial charge in [-0.3, -0.25) is 9.10 Å². The highest BCUT2D eigenvalue weighted by Crippen LogP contribution is 2.28. The van der Waals surface area contributed by atoms with Crippen LogP contribution in [0.15, 0.2) is 102 Å². The van der Waals surface area contributed by atoms with Crippen LogP contribution in [-0.2, 0) is 14.8 Å². The second-order valence-electron chi connectivity index (χ2n) is 8.24. The summed E-state index contributed by atoms with van der Waals surface area (Å²) < 4.78 is 34.1. The zero-order chi connectivity index (χ0) is 25.7. The van der Waals surface area contributed by atoms with Crippen LogP contribution in [0.2, 0.25) is 5.02 Å². The number of benzene rings is 4. The average Bonchev–Trinajstić information content (AvgIpc) is 2.86. The Balaban J connectivity index is 1.64. The number of nitrogens with zero attached hydrogens (tertiary/aromatic N) is 1. The third-order valence-corrected chi connectivity index (χ3v) is 7.50. The zero-order valence-electron chi connectivity index (χ0n) is 19.8. The normalized spacial score (nSPS) is 11.1. The van der Waals surface area contributed by atoms with Gasteiger partial charge in [0.1, 0.15) is 18.0 Å². The van der Waals surface area contributed by atoms with Crippen molar-refractivity contribution in [3.8, 4) is 11.5 Å². The van der Waals surface area contributed by atoms with Crippen LogP contribution in [0.25, 0.3) is 0 Å². The molecule has 36 heavy (non-hydrogen) atoms. The van der Waals surface area contributed by atoms with E-state index >= 15 is 0 Å². The minimum absolute atomic E-state index is 0.0875. The van der Waals surface area contributed by atoms with Crippen molar-refractivity contribution in [3.63, 3.8) is 0 Å². The van der Waals surface area contributed by atoms with Crippen molar-refractivity contribution < 1.29 is 17.9 Å². The number of hydrogen-bond donors (Lipinski definition) is 1. The molecule has 1 N–H and O–H groups in total. The molecule has 0 aliphatic heterocycles. The number of amides is 1. The van der Waals surface area contributed by atoms with Gasteiger partial charge in [-0.05, 0) is 80.1 Å². The van der Waals surface area contributed by atoms with Crippen LogP contribution in [0.4, 0.5) is 11.4 Å². The van der Waals surface area contributed by atoms with E-state index in [0.717, 1.165) is 15.4 Å². The summed E-state index contributed by atoms with van der Waals surface area (Å²) in [6.07, 6.45) is 0. The maximum Gasteiger partial charge on any atom is 0.264 e. The van der Waals surface area contributed by atoms with Gasteiger partial charge in [0.2, 0.25) is 5.91 Å². The number of rotatable bonds is 8. The molecule has 0 unspecified atom stereocenters. The molecule has 4 rings (SSSR count). The summed E-state index contributed by atoms with van der Waals surface area (Å²) in [6.45, 7) is 3.28. The summed E-state index contributed by atoms with van der Waals surface area (Å²) in [5, 5.41) is 3.24. The number of ether oxygens (including phenoxy) is 1. The molecule has 184 valence electrons. The molecule has 0 saturated heterocycles. The zero-order valence-corrected chi connectivity index (χ0v) is 21.4. The lowest BCUT2D eigenvalue weighted by Gasteiger charge is -2.24. The van der Waals surface area contributed by atoms with E-state index in [4.69, 9.17) is 16.3 Å². The first kappa shape index (κ1) is 25.3. The van der Waals surface area contributed by atoms with Gasteiger partial charge in [-0.2, -0.15) is 0 Å². The molecule has 0 spiro atoms. The fraction of sp³-hybridized carbons (Fsp3) is 0.107. The van der Waals surface area contributed by atoms with Crippen molar-refractivity contribution in [2.75, 3.05) is 16.2 Å². The van der Waals surface area contributed by atoms with Gasteiger partial charge in [0.15, 0.2) is 0 Å². The first-order valence-corrected chi connectivity index (χ1v) is 13.0. The third-order valence-electron chi connectivity index (χ3n) is 5.47. The highest BCUT2D eigenvalue weighted by atomic mass is 35.5. The molecule has 0 radical (unpaired) electrons. The second-order valence-corrected chi connectivity index (χ2v) is 10.5. The van der Waals surface area contributed by atoms with Gasteiger partial charge in [0.05, 0.1) is 10.6 Å². The maximum absolute atomic E-state index is 13.6. The van der Waals surface area contributed by atoms with Gasteiger partial charge in [0.25, 0.3) is 10.0 Å². The van der Waals surface area contributed by atoms with E-state index in [9.17, 15) is 13.2 Å². The monoisotopic (exact) mass is 520 g/mol. The van der Waals surface area contributed by atoms with Gasteiger partial charge in [-0.15, -0.1) is 0 Å². The predicted octanol–water partition coefficient (Wildman–Crippen LogP) is 6.58. The number of aryl methyl sites for hydroxylation is 2. The van der Waals surface area contributed by atoms with Crippen LogP contribution in [-0.4, -0.2) is 20.9 Å². The minimum Gasteiger partial charge on any atom is -0.457 e. The molecule has 0 saturated carbocycles. The van der Waals surface area contributed by atoms with Crippen LogP contribution in [0.3, 0.4) is 0 Å². The molecular formula is C28H25ClN2O4S. The van der Waals surface area contributed by atoms with Crippen LogP contribution in [0, 0.1) is 13.8 Å². The molecule has 0 aromatic heterocycles. The maximum atomic E-state index is 13.6. The summed E-state index contributed by atoms with van der Waals surface area (Å²) >= 11 is 6.07. The Morgan fingerprint density at radius 3 is 2.17 bits per heavy atom. The highest BCUT2D eigenvalue weighted by molar-refractivity contribution is 7.92. The number of para-hydroxylation sites is 1. The van der Waals surface area contributed by atoms with Gasteiger partial charge in [-0.25, -0.2) is 8.42 Å². The molecule has 0 aliphatic rings. The fourth-order valence-corrected chi connectivity index (χ4v) is 5.10. The summed E-state index contributed by atoms with van der Waals surface area (Å²) in [4.78, 5) is 13.1. The van der Waals surface area contributed by atoms with E-state index in [-0.39, 0.29) is 4.90 Å². The van der Waals surface area contributed by atoms with Crippen LogP contribution >= 0.6 is 11.6 Å². The second kappa shape index (κ2) is 10.8. The van der Waals surface area contributed by atoms with Crippen LogP contribution in [0.5, 0.6) is 11.5 Å². The van der Waals surface area contributed by atoms with Crippen molar-refractivity contribution in [3.05, 3.63) is 113 Å². The Morgan fingerprint density at radius 2 is 1.50 bits per heavy atom. The summed E-state index contributed by atoms with van der Waals surface area (Å²) in [7, 11) is -4.04. The highest BCUT2D eigenvalue weighted by Gasteiger charge is 2.27. The number of anilines is 2. The molecular weight excluding hydrogens is 496 g/mol. The van der Waals surface area contributed by atoms with E-state index in [0.29, 0.717) is 27.9 Å². The quantitative estimate of drug-likeness (QED) is 0.284. The number of carbonyl (C=O) groups is 1. The fourth-order valence-electron chi connectivity index (χ4n) is 3.51. The van der Waals surface area contributed by atoms with Gasteiger partial charge >= 0.3 is 0 Å². The van der Waals surface area contributed by atoms with Crippen molar-refractivity contribution in [2.24, 2.45) is 0 Å². The van der Waals surface area contributed by atoms with E-state index in [1.165, 1.54) is 12.1 Å². The van der Waals surface area contributed by atoms with Gasteiger partial charge in [-0.1, -0.05) is 53.6 Å². The summed E-state index contributed by atoms with van der Waals surface area (Å²) in [5.74, 6) is 0.697. The Morgan fingerprint density at radius 1 is 0.861 bits per heavy atom. The molecule has 4 aromatic carbocycles. The lowest BCUT2D eigenvalue weighted by Crippen LogP contribution is -2.38. The van der Waals surface area contributed by atoms with E-state index in [2.05, 4.69) is 5.32 Å². The summed E-state index contributed by atoms with van der Waals surface area (Å²) in [6, 6.07) is 27.4. The molecule has 0 aliphatic carbocycles. The molecule has 1 amide bonds. The third kappa shape index (κ3) is 6.05. The minimum atomic E-state index is -4.04. The van der Waals surface area contributed by atoms with Crippen molar-refractivity contribution in [2.45, 2.75) is 18.7 Å². The number of carbonyl (C=O) groups excluding carboxylic acids is 1. The number of halogens is 1. The topological polar surface area (TPSA) is 75.7 Å². The van der Waals surface area contributed by atoms with Gasteiger partial charge in [0, 0.05) is 10.7 Å². The van der Waals surface area contributed by atoms with Crippen molar-refractivity contribution in [1.29, 1.82) is 0 Å². The predicted molar refractivity (Wildman–Crippen MR) is 143 cm³/mol. The molecule has 8 heteroatoms. The van der Waals surface area contributed by atoms with E-state index < -0.39 is 22.5 Å². The van der Waals surface area contributed by atoms with Gasteiger partial charge < -0.3 is 10.1 Å². The number of sulfonamides is 1. The first-order chi connectivity index (χ1) is 17.2. The summed E-state index contributed by atoms with van der Waals surface area (Å²) in [5.41, 5.74) is 2.58. The Bertz CT molecular complexity index is 1460. The Kier molecular flexibility index (Phi) is 7.62. The van der Waals surface area contributed by atoms with Crippen LogP contribution in [0.1, 0.15) is 11.1 Å². The largest absolute Gasteiger partial charge is 0.457 e. The molecule has 0 heterocycles. The molecule has 6 nitrogen and oxygen atoms in total. The number of hydrogen-bond acceptors (Lipinski definition) is 4. The first-order valence-electron chi connectivity index (χ1n) is 11.2. The molecule has 0 fully saturated rings. The average molecular weight is 521 g/mol. The lowest BCUT2D eigenvalue weighted by atomic mass is 10.2. The van der Waals surface area contributed by atoms with E-state index in [1.54, 1.807) is 54.6 Å².